The number of amides is 3. The summed E-state index contributed by atoms with van der Waals surface area (Å²) in [6.45, 7) is 2.31. The third-order valence-electron chi connectivity index (χ3n) is 3.28. The number of rotatable bonds is 4. The Balaban J connectivity index is 2.17. The Hall–Kier alpha value is -2.32. The van der Waals surface area contributed by atoms with Crippen LogP contribution in [0.2, 0.25) is 0 Å². The maximum Gasteiger partial charge on any atom is 0.283 e. The highest BCUT2D eigenvalue weighted by molar-refractivity contribution is 6.01. The number of carbonyl (C=O) groups is 3. The summed E-state index contributed by atoms with van der Waals surface area (Å²) in [4.78, 5) is 40.6. The number of nitrogen functional groups attached to an aromatic ring is 1. The molecule has 21 heavy (non-hydrogen) atoms. The normalized spacial score (nSPS) is 19.2. The zero-order valence-electron chi connectivity index (χ0n) is 11.6. The van der Waals surface area contributed by atoms with Crippen molar-refractivity contribution in [2.45, 2.75) is 25.9 Å². The van der Waals surface area contributed by atoms with E-state index in [1.54, 1.807) is 17.0 Å². The van der Waals surface area contributed by atoms with Crippen molar-refractivity contribution in [2.24, 2.45) is 5.84 Å². The lowest BCUT2D eigenvalue weighted by Crippen LogP contribution is -2.57. The molecule has 2 rings (SSSR count). The molecule has 0 bridgehead atoms. The van der Waals surface area contributed by atoms with Crippen LogP contribution in [0.4, 0.5) is 0 Å². The quantitative estimate of drug-likeness (QED) is 0.281. The molecule has 1 atom stereocenters. The van der Waals surface area contributed by atoms with E-state index >= 15 is 0 Å². The minimum absolute atomic E-state index is 0.124. The maximum absolute atomic E-state index is 11.8. The van der Waals surface area contributed by atoms with E-state index in [1.807, 2.05) is 12.3 Å². The highest BCUT2D eigenvalue weighted by Crippen LogP contribution is 2.13. The molecule has 0 saturated carbocycles. The van der Waals surface area contributed by atoms with Gasteiger partial charge in [0.1, 0.15) is 5.69 Å². The molecule has 0 aliphatic carbocycles. The van der Waals surface area contributed by atoms with E-state index in [9.17, 15) is 14.4 Å². The van der Waals surface area contributed by atoms with E-state index in [2.05, 4.69) is 10.3 Å². The number of hydrogen-bond acceptors (Lipinski definition) is 6. The lowest BCUT2D eigenvalue weighted by atomic mass is 10.1. The minimum atomic E-state index is -0.489. The molecule has 3 amide bonds. The van der Waals surface area contributed by atoms with E-state index < -0.39 is 5.91 Å². The van der Waals surface area contributed by atoms with Gasteiger partial charge in [-0.2, -0.15) is 0 Å². The third-order valence-corrected chi connectivity index (χ3v) is 3.28. The molecule has 1 saturated heterocycles. The van der Waals surface area contributed by atoms with Crippen molar-refractivity contribution in [3.8, 4) is 0 Å². The standard InChI is InChI=1S/C13H17N5O3/c1-2-10-13(21)16-11(19)7-18(10)6-8-4-3-5-9(15-8)12(20)17-14/h3-5,10H,2,6-7,14H2,1H3,(H,17,20)(H,16,19,21). The predicted molar refractivity (Wildman–Crippen MR) is 73.5 cm³/mol. The Morgan fingerprint density at radius 3 is 2.95 bits per heavy atom. The van der Waals surface area contributed by atoms with Gasteiger partial charge in [-0.15, -0.1) is 0 Å². The summed E-state index contributed by atoms with van der Waals surface area (Å²) in [5.74, 6) is 3.95. The van der Waals surface area contributed by atoms with Crippen LogP contribution < -0.4 is 16.6 Å². The van der Waals surface area contributed by atoms with Gasteiger partial charge in [-0.05, 0) is 18.6 Å². The van der Waals surface area contributed by atoms with Crippen LogP contribution in [0.3, 0.4) is 0 Å². The molecule has 112 valence electrons. The van der Waals surface area contributed by atoms with Crippen molar-refractivity contribution in [2.75, 3.05) is 6.54 Å². The second-order valence-corrected chi connectivity index (χ2v) is 4.73. The Labute approximate surface area is 121 Å². The zero-order valence-corrected chi connectivity index (χ0v) is 11.6. The highest BCUT2D eigenvalue weighted by Gasteiger charge is 2.32. The van der Waals surface area contributed by atoms with E-state index in [-0.39, 0.29) is 30.1 Å². The molecule has 1 fully saturated rings. The Kier molecular flexibility index (Phi) is 4.61. The topological polar surface area (TPSA) is 117 Å². The number of pyridine rings is 1. The summed E-state index contributed by atoms with van der Waals surface area (Å²) in [6.07, 6.45) is 0.585. The minimum Gasteiger partial charge on any atom is -0.294 e. The average Bonchev–Trinajstić information content (AvgIpc) is 2.46. The molecule has 0 aromatic carbocycles. The first kappa shape index (κ1) is 15.1. The summed E-state index contributed by atoms with van der Waals surface area (Å²) in [5.41, 5.74) is 2.80. The number of piperazine rings is 1. The van der Waals surface area contributed by atoms with Gasteiger partial charge < -0.3 is 0 Å². The molecular formula is C13H17N5O3. The smallest absolute Gasteiger partial charge is 0.283 e. The van der Waals surface area contributed by atoms with Crippen molar-refractivity contribution in [1.82, 2.24) is 20.6 Å². The summed E-state index contributed by atoms with van der Waals surface area (Å²) in [6, 6.07) is 4.57. The Morgan fingerprint density at radius 2 is 2.29 bits per heavy atom. The highest BCUT2D eigenvalue weighted by atomic mass is 16.2. The largest absolute Gasteiger partial charge is 0.294 e. The van der Waals surface area contributed by atoms with E-state index in [0.717, 1.165) is 0 Å². The summed E-state index contributed by atoms with van der Waals surface area (Å²) < 4.78 is 0. The molecule has 8 heteroatoms. The zero-order chi connectivity index (χ0) is 15.4. The van der Waals surface area contributed by atoms with Crippen LogP contribution in [0.15, 0.2) is 18.2 Å². The number of aromatic nitrogens is 1. The first-order chi connectivity index (χ1) is 10.0. The van der Waals surface area contributed by atoms with Crippen LogP contribution in [0, 0.1) is 0 Å². The van der Waals surface area contributed by atoms with E-state index in [0.29, 0.717) is 18.7 Å². The fourth-order valence-corrected chi connectivity index (χ4v) is 2.31. The molecule has 8 nitrogen and oxygen atoms in total. The number of hydrazine groups is 1. The molecule has 1 aromatic rings. The SMILES string of the molecule is CCC1C(=O)NC(=O)CN1Cc1cccc(C(=O)NN)n1. The molecule has 4 N–H and O–H groups in total. The van der Waals surface area contributed by atoms with Gasteiger partial charge in [0.05, 0.1) is 18.3 Å². The first-order valence-electron chi connectivity index (χ1n) is 6.59. The maximum atomic E-state index is 11.8. The molecular weight excluding hydrogens is 274 g/mol. The van der Waals surface area contributed by atoms with Crippen LogP contribution in [0.5, 0.6) is 0 Å². The second-order valence-electron chi connectivity index (χ2n) is 4.73. The van der Waals surface area contributed by atoms with Gasteiger partial charge >= 0.3 is 0 Å². The van der Waals surface area contributed by atoms with Crippen molar-refractivity contribution in [1.29, 1.82) is 0 Å². The average molecular weight is 291 g/mol. The molecule has 1 aromatic heterocycles. The number of hydrogen-bond donors (Lipinski definition) is 3. The van der Waals surface area contributed by atoms with Crippen LogP contribution in [-0.4, -0.2) is 40.2 Å². The van der Waals surface area contributed by atoms with E-state index in [1.165, 1.54) is 6.07 Å². The Bertz CT molecular complexity index is 575. The third kappa shape index (κ3) is 3.41. The summed E-state index contributed by atoms with van der Waals surface area (Å²) in [5, 5.41) is 2.31. The van der Waals surface area contributed by atoms with Crippen LogP contribution in [0.1, 0.15) is 29.5 Å². The first-order valence-corrected chi connectivity index (χ1v) is 6.59. The molecule has 1 unspecified atom stereocenters. The van der Waals surface area contributed by atoms with Crippen molar-refractivity contribution in [3.63, 3.8) is 0 Å². The molecule has 2 heterocycles. The van der Waals surface area contributed by atoms with Gasteiger partial charge in [0, 0.05) is 6.54 Å². The van der Waals surface area contributed by atoms with Crippen LogP contribution in [-0.2, 0) is 16.1 Å². The molecule has 0 spiro atoms. The van der Waals surface area contributed by atoms with E-state index in [4.69, 9.17) is 5.84 Å². The van der Waals surface area contributed by atoms with Gasteiger partial charge in [-0.3, -0.25) is 30.0 Å². The number of nitrogens with one attached hydrogen (secondary N) is 2. The van der Waals surface area contributed by atoms with Crippen molar-refractivity contribution < 1.29 is 14.4 Å². The van der Waals surface area contributed by atoms with Crippen molar-refractivity contribution in [3.05, 3.63) is 29.6 Å². The number of nitrogens with two attached hydrogens (primary N) is 1. The van der Waals surface area contributed by atoms with Crippen LogP contribution in [0.25, 0.3) is 0 Å². The fraction of sp³-hybridized carbons (Fsp3) is 0.385. The number of imide groups is 1. The number of carbonyl (C=O) groups excluding carboxylic acids is 3. The van der Waals surface area contributed by atoms with Gasteiger partial charge in [0.2, 0.25) is 11.8 Å². The van der Waals surface area contributed by atoms with Crippen LogP contribution >= 0.6 is 0 Å². The fourth-order valence-electron chi connectivity index (χ4n) is 2.31. The molecule has 1 aliphatic heterocycles. The molecule has 0 radical (unpaired) electrons. The predicted octanol–water partition coefficient (Wildman–Crippen LogP) is -1.08. The lowest BCUT2D eigenvalue weighted by molar-refractivity contribution is -0.140. The van der Waals surface area contributed by atoms with Gasteiger partial charge in [0.15, 0.2) is 0 Å². The monoisotopic (exact) mass is 291 g/mol. The van der Waals surface area contributed by atoms with Gasteiger partial charge in [-0.25, -0.2) is 10.8 Å². The van der Waals surface area contributed by atoms with Crippen molar-refractivity contribution >= 4 is 17.7 Å². The van der Waals surface area contributed by atoms with Gasteiger partial charge in [0.25, 0.3) is 5.91 Å². The lowest BCUT2D eigenvalue weighted by Gasteiger charge is -2.32. The molecule has 1 aliphatic rings. The second kappa shape index (κ2) is 6.42. The summed E-state index contributed by atoms with van der Waals surface area (Å²) in [7, 11) is 0. The Morgan fingerprint density at radius 1 is 1.52 bits per heavy atom. The number of nitrogens with zero attached hydrogens (tertiary/aromatic N) is 2. The summed E-state index contributed by atoms with van der Waals surface area (Å²) >= 11 is 0. The van der Waals surface area contributed by atoms with Gasteiger partial charge in [-0.1, -0.05) is 13.0 Å².